The van der Waals surface area contributed by atoms with Crippen LogP contribution in [-0.4, -0.2) is 9.19 Å². The average Bonchev–Trinajstić information content (AvgIpc) is 2.11. The minimum Gasteiger partial charge on any atom is -0.207 e. The maximum atomic E-state index is 4.22. The van der Waals surface area contributed by atoms with Crippen LogP contribution in [-0.2, 0) is 0 Å². The molecule has 0 aliphatic heterocycles. The van der Waals surface area contributed by atoms with Gasteiger partial charge in [0.2, 0.25) is 0 Å². The normalized spacial score (nSPS) is 13.6. The predicted molar refractivity (Wildman–Crippen MR) is 72.0 cm³/mol. The fourth-order valence-electron chi connectivity index (χ4n) is 0.502. The van der Waals surface area contributed by atoms with Gasteiger partial charge in [-0.1, -0.05) is 0 Å². The van der Waals surface area contributed by atoms with Crippen LogP contribution in [0.25, 0.3) is 0 Å². The lowest BCUT2D eigenvalue weighted by molar-refractivity contribution is 1.02. The quantitative estimate of drug-likeness (QED) is 0.544. The number of rotatable bonds is 1. The van der Waals surface area contributed by atoms with Crippen LogP contribution < -0.4 is 0 Å². The Hall–Kier alpha value is 1.75. The van der Waals surface area contributed by atoms with Gasteiger partial charge in [0.1, 0.15) is 0 Å². The van der Waals surface area contributed by atoms with Crippen LogP contribution >= 0.6 is 65.3 Å². The number of halogens is 3. The summed E-state index contributed by atoms with van der Waals surface area (Å²) in [4.78, 5) is 0. The fraction of sp³-hybridized carbons (Fsp3) is 0.250. The molecule has 0 bridgehead atoms. The summed E-state index contributed by atoms with van der Waals surface area (Å²) in [5.41, 5.74) is 1.22. The number of hydrogen-bond donors (Lipinski definition) is 0. The molecule has 0 amide bonds. The molecule has 1 rings (SSSR count). The molecule has 2 nitrogen and oxygen atoms in total. The van der Waals surface area contributed by atoms with E-state index in [-0.39, 0.29) is 0 Å². The van der Waals surface area contributed by atoms with E-state index in [0.29, 0.717) is 0 Å². The third kappa shape index (κ3) is 2.66. The van der Waals surface area contributed by atoms with Crippen LogP contribution in [0.5, 0.6) is 0 Å². The van der Waals surface area contributed by atoms with Crippen molar-refractivity contribution in [1.82, 2.24) is 9.19 Å². The van der Waals surface area contributed by atoms with Crippen molar-refractivity contribution in [1.29, 1.82) is 0 Å². The third-order valence-electron chi connectivity index (χ3n) is 0.901. The highest BCUT2D eigenvalue weighted by Gasteiger charge is 2.13. The summed E-state index contributed by atoms with van der Waals surface area (Å²) >= 11 is 7.24. The van der Waals surface area contributed by atoms with E-state index < -0.39 is 1.73 Å². The van der Waals surface area contributed by atoms with E-state index in [4.69, 9.17) is 0 Å². The lowest BCUT2D eigenvalue weighted by Crippen LogP contribution is -1.89. The van der Waals surface area contributed by atoms with Crippen molar-refractivity contribution < 1.29 is 0 Å². The topological polar surface area (TPSA) is 17.8 Å². The van der Waals surface area contributed by atoms with Crippen LogP contribution in [0.3, 0.4) is 0 Å². The Balaban J connectivity index is 2.96. The first-order chi connectivity index (χ1) is 4.50. The zero-order chi connectivity index (χ0) is 7.78. The second-order valence-electron chi connectivity index (χ2n) is 1.80. The minimum absolute atomic E-state index is 0.766. The Morgan fingerprint density at radius 1 is 1.50 bits per heavy atom. The molecule has 6 heteroatoms. The number of hydrogen-bond acceptors (Lipinski definition) is 1. The second-order valence-corrected chi connectivity index (χ2v) is 29.6. The first kappa shape index (κ1) is 9.84. The molecule has 0 radical (unpaired) electrons. The van der Waals surface area contributed by atoms with Crippen molar-refractivity contribution >= 4 is 65.3 Å². The summed E-state index contributed by atoms with van der Waals surface area (Å²) < 4.78 is 1.25. The Bertz CT molecular complexity index is 229. The van der Waals surface area contributed by atoms with E-state index in [1.165, 1.54) is 5.56 Å². The van der Waals surface area contributed by atoms with Crippen molar-refractivity contribution in [3.63, 3.8) is 0 Å². The van der Waals surface area contributed by atoms with Gasteiger partial charge < -0.3 is 0 Å². The monoisotopic (exact) mass is 494 g/mol. The van der Waals surface area contributed by atoms with E-state index in [0.717, 1.165) is 0 Å². The van der Waals surface area contributed by atoms with Gasteiger partial charge in [-0.3, -0.25) is 0 Å². The molecule has 1 aromatic heterocycles. The molecule has 1 heterocycles. The second kappa shape index (κ2) is 3.64. The SMILES string of the molecule is Cc1cnn(S(I)(I)I)c1. The van der Waals surface area contributed by atoms with Crippen LogP contribution in [0.4, 0.5) is 0 Å². The standard InChI is InChI=1S/C4H5I3N2S/c1-4-2-8-9(3-4)10(5,6)7/h2-3H,1H3. The van der Waals surface area contributed by atoms with E-state index >= 15 is 0 Å². The summed E-state index contributed by atoms with van der Waals surface area (Å²) in [6.45, 7) is 2.05. The summed E-state index contributed by atoms with van der Waals surface area (Å²) in [7, 11) is 0. The molecule has 58 valence electrons. The van der Waals surface area contributed by atoms with Gasteiger partial charge in [0.05, 0.1) is 6.20 Å². The number of nitrogens with zero attached hydrogens (tertiary/aromatic N) is 2. The molecule has 0 spiro atoms. The van der Waals surface area contributed by atoms with Gasteiger partial charge in [-0.15, -0.1) is 0 Å². The Morgan fingerprint density at radius 3 is 2.30 bits per heavy atom. The molecule has 0 saturated heterocycles. The largest absolute Gasteiger partial charge is 0.207 e. The molecule has 0 aliphatic carbocycles. The number of aryl methyl sites for hydroxylation is 1. The van der Waals surface area contributed by atoms with Crippen LogP contribution in [0.15, 0.2) is 12.4 Å². The summed E-state index contributed by atoms with van der Waals surface area (Å²) in [5, 5.41) is 4.22. The zero-order valence-electron chi connectivity index (χ0n) is 5.09. The Kier molecular flexibility index (Phi) is 3.58. The van der Waals surface area contributed by atoms with Gasteiger partial charge >= 0.3 is 0 Å². The first-order valence-corrected chi connectivity index (χ1v) is 11.7. The zero-order valence-corrected chi connectivity index (χ0v) is 12.4. The lowest BCUT2D eigenvalue weighted by Gasteiger charge is -2.16. The molecule has 1 aromatic rings. The Morgan fingerprint density at radius 2 is 2.10 bits per heavy atom. The molecule has 0 aliphatic rings. The van der Waals surface area contributed by atoms with Crippen LogP contribution in [0.2, 0.25) is 0 Å². The van der Waals surface area contributed by atoms with Crippen molar-refractivity contribution in [2.75, 3.05) is 0 Å². The Labute approximate surface area is 97.7 Å². The van der Waals surface area contributed by atoms with E-state index in [9.17, 15) is 0 Å². The van der Waals surface area contributed by atoms with Crippen molar-refractivity contribution in [3.05, 3.63) is 18.0 Å². The van der Waals surface area contributed by atoms with Gasteiger partial charge in [-0.2, -0.15) is 5.10 Å². The van der Waals surface area contributed by atoms with Crippen molar-refractivity contribution in [2.45, 2.75) is 6.92 Å². The maximum Gasteiger partial charge on any atom is 0.0529 e. The molecule has 0 unspecified atom stereocenters. The van der Waals surface area contributed by atoms with Crippen LogP contribution in [0.1, 0.15) is 5.56 Å². The third-order valence-corrected chi connectivity index (χ3v) is 5.16. The van der Waals surface area contributed by atoms with E-state index in [2.05, 4.69) is 81.8 Å². The highest BCUT2D eigenvalue weighted by molar-refractivity contribution is 14.5. The number of aromatic nitrogens is 2. The molecule has 0 atom stereocenters. The predicted octanol–water partition coefficient (Wildman–Crippen LogP) is 3.81. The van der Waals surface area contributed by atoms with Gasteiger partial charge in [0.15, 0.2) is 0 Å². The molecule has 0 fully saturated rings. The van der Waals surface area contributed by atoms with E-state index in [1.807, 2.05) is 10.3 Å². The molecule has 0 N–H and O–H groups in total. The highest BCUT2D eigenvalue weighted by Crippen LogP contribution is 2.71. The lowest BCUT2D eigenvalue weighted by atomic mass is 10.4. The van der Waals surface area contributed by atoms with Crippen molar-refractivity contribution in [3.8, 4) is 0 Å². The fourth-order valence-corrected chi connectivity index (χ4v) is 2.88. The minimum atomic E-state index is -0.766. The van der Waals surface area contributed by atoms with Crippen LogP contribution in [0, 0.1) is 6.92 Å². The maximum absolute atomic E-state index is 4.22. The summed E-state index contributed by atoms with van der Waals surface area (Å²) in [5.74, 6) is 0. The molecular formula is C4H5I3N2S. The van der Waals surface area contributed by atoms with Crippen molar-refractivity contribution in [2.24, 2.45) is 0 Å². The van der Waals surface area contributed by atoms with E-state index in [1.54, 1.807) is 0 Å². The van der Waals surface area contributed by atoms with Gasteiger partial charge in [0, 0.05) is 71.5 Å². The summed E-state index contributed by atoms with van der Waals surface area (Å²) in [6, 6.07) is 0. The first-order valence-electron chi connectivity index (χ1n) is 2.44. The summed E-state index contributed by atoms with van der Waals surface area (Å²) in [6.07, 6.45) is 3.96. The smallest absolute Gasteiger partial charge is 0.0529 e. The van der Waals surface area contributed by atoms with Gasteiger partial charge in [-0.25, -0.2) is 4.09 Å². The highest BCUT2D eigenvalue weighted by atomic mass is 127. The van der Waals surface area contributed by atoms with Gasteiger partial charge in [-0.05, 0) is 12.5 Å². The molecular weight excluding hydrogens is 489 g/mol. The molecule has 0 aromatic carbocycles. The average molecular weight is 494 g/mol. The molecule has 0 saturated carbocycles. The molecule has 10 heavy (non-hydrogen) atoms. The van der Waals surface area contributed by atoms with Gasteiger partial charge in [0.25, 0.3) is 0 Å².